The Kier molecular flexibility index (Phi) is 3.30. The molecule has 3 aromatic rings. The van der Waals surface area contributed by atoms with Gasteiger partial charge in [0.15, 0.2) is 0 Å². The first-order chi connectivity index (χ1) is 9.75. The van der Waals surface area contributed by atoms with Crippen LogP contribution in [0.3, 0.4) is 0 Å². The van der Waals surface area contributed by atoms with Gasteiger partial charge in [0, 0.05) is 23.7 Å². The predicted octanol–water partition coefficient (Wildman–Crippen LogP) is 3.82. The number of benzene rings is 1. The van der Waals surface area contributed by atoms with Crippen LogP contribution in [0.25, 0.3) is 10.9 Å². The Morgan fingerprint density at radius 1 is 1.25 bits per heavy atom. The van der Waals surface area contributed by atoms with Crippen molar-refractivity contribution in [3.05, 3.63) is 63.0 Å². The summed E-state index contributed by atoms with van der Waals surface area (Å²) in [5.74, 6) is 0. The van der Waals surface area contributed by atoms with Crippen LogP contribution in [0, 0.1) is 10.1 Å². The van der Waals surface area contributed by atoms with Crippen LogP contribution in [-0.2, 0) is 6.54 Å². The Labute approximate surface area is 119 Å². The maximum Gasteiger partial charge on any atom is 0.278 e. The number of aromatic nitrogens is 1. The monoisotopic (exact) mass is 285 g/mol. The third-order valence-corrected chi connectivity index (χ3v) is 3.85. The lowest BCUT2D eigenvalue weighted by Crippen LogP contribution is -2.00. The standard InChI is InChI=1S/C14H11N3O2S/c18-17(19)13-6-5-12(14-11(13)4-1-7-15-14)16-9-10-3-2-8-20-10/h1-8,16H,9H2. The van der Waals surface area contributed by atoms with Crippen molar-refractivity contribution in [2.24, 2.45) is 0 Å². The largest absolute Gasteiger partial charge is 0.378 e. The van der Waals surface area contributed by atoms with Crippen LogP contribution >= 0.6 is 11.3 Å². The molecule has 5 nitrogen and oxygen atoms in total. The van der Waals surface area contributed by atoms with Crippen molar-refractivity contribution in [1.82, 2.24) is 4.98 Å². The topological polar surface area (TPSA) is 68.1 Å². The molecule has 2 heterocycles. The number of non-ortho nitro benzene ring substituents is 1. The zero-order valence-electron chi connectivity index (χ0n) is 10.4. The molecule has 2 aromatic heterocycles. The first kappa shape index (κ1) is 12.6. The Hall–Kier alpha value is -2.47. The van der Waals surface area contributed by atoms with E-state index in [1.54, 1.807) is 35.7 Å². The van der Waals surface area contributed by atoms with Crippen molar-refractivity contribution in [1.29, 1.82) is 0 Å². The third kappa shape index (κ3) is 2.33. The summed E-state index contributed by atoms with van der Waals surface area (Å²) >= 11 is 1.66. The molecule has 20 heavy (non-hydrogen) atoms. The Morgan fingerprint density at radius 3 is 2.90 bits per heavy atom. The van der Waals surface area contributed by atoms with Gasteiger partial charge < -0.3 is 5.32 Å². The molecule has 0 fully saturated rings. The molecule has 1 aromatic carbocycles. The lowest BCUT2D eigenvalue weighted by Gasteiger charge is -2.08. The van der Waals surface area contributed by atoms with E-state index in [4.69, 9.17) is 0 Å². The van der Waals surface area contributed by atoms with Gasteiger partial charge >= 0.3 is 0 Å². The Balaban J connectivity index is 1.99. The highest BCUT2D eigenvalue weighted by Crippen LogP contribution is 2.30. The van der Waals surface area contributed by atoms with Crippen molar-refractivity contribution >= 4 is 33.6 Å². The van der Waals surface area contributed by atoms with Crippen molar-refractivity contribution in [3.8, 4) is 0 Å². The molecule has 0 aliphatic heterocycles. The first-order valence-corrected chi connectivity index (χ1v) is 6.92. The van der Waals surface area contributed by atoms with Gasteiger partial charge in [0.25, 0.3) is 5.69 Å². The summed E-state index contributed by atoms with van der Waals surface area (Å²) in [6.07, 6.45) is 1.64. The number of hydrogen-bond acceptors (Lipinski definition) is 5. The van der Waals surface area contributed by atoms with Crippen LogP contribution < -0.4 is 5.32 Å². The quantitative estimate of drug-likeness (QED) is 0.584. The number of thiophene rings is 1. The summed E-state index contributed by atoms with van der Waals surface area (Å²) in [6.45, 7) is 0.682. The SMILES string of the molecule is O=[N+]([O-])c1ccc(NCc2cccs2)c2ncccc12. The molecule has 0 saturated heterocycles. The number of anilines is 1. The molecule has 100 valence electrons. The first-order valence-electron chi connectivity index (χ1n) is 6.04. The minimum Gasteiger partial charge on any atom is -0.378 e. The average Bonchev–Trinajstić information content (AvgIpc) is 2.97. The summed E-state index contributed by atoms with van der Waals surface area (Å²) in [4.78, 5) is 16.1. The second-order valence-electron chi connectivity index (χ2n) is 4.22. The molecule has 6 heteroatoms. The molecule has 1 N–H and O–H groups in total. The number of pyridine rings is 1. The number of nitro groups is 1. The van der Waals surface area contributed by atoms with E-state index >= 15 is 0 Å². The highest BCUT2D eigenvalue weighted by Gasteiger charge is 2.14. The summed E-state index contributed by atoms with van der Waals surface area (Å²) in [5, 5.41) is 16.9. The summed E-state index contributed by atoms with van der Waals surface area (Å²) in [7, 11) is 0. The second-order valence-corrected chi connectivity index (χ2v) is 5.25. The van der Waals surface area contributed by atoms with E-state index in [0.717, 1.165) is 5.69 Å². The van der Waals surface area contributed by atoms with E-state index in [9.17, 15) is 10.1 Å². The second kappa shape index (κ2) is 5.26. The van der Waals surface area contributed by atoms with Crippen molar-refractivity contribution in [3.63, 3.8) is 0 Å². The summed E-state index contributed by atoms with van der Waals surface area (Å²) < 4.78 is 0. The van der Waals surface area contributed by atoms with Crippen LogP contribution in [0.1, 0.15) is 4.88 Å². The number of hydrogen-bond donors (Lipinski definition) is 1. The maximum atomic E-state index is 11.0. The maximum absolute atomic E-state index is 11.0. The Morgan fingerprint density at radius 2 is 2.15 bits per heavy atom. The molecule has 0 amide bonds. The van der Waals surface area contributed by atoms with Gasteiger partial charge in [0.2, 0.25) is 0 Å². The molecule has 3 rings (SSSR count). The number of rotatable bonds is 4. The van der Waals surface area contributed by atoms with Crippen LogP contribution in [-0.4, -0.2) is 9.91 Å². The minimum absolute atomic E-state index is 0.0785. The lowest BCUT2D eigenvalue weighted by molar-refractivity contribution is -0.383. The molecule has 0 aliphatic rings. The van der Waals surface area contributed by atoms with Crippen LogP contribution in [0.4, 0.5) is 11.4 Å². The van der Waals surface area contributed by atoms with Crippen molar-refractivity contribution in [2.75, 3.05) is 5.32 Å². The molecular formula is C14H11N3O2S. The van der Waals surface area contributed by atoms with Gasteiger partial charge in [0.1, 0.15) is 5.52 Å². The van der Waals surface area contributed by atoms with Gasteiger partial charge in [0.05, 0.1) is 16.0 Å². The zero-order valence-corrected chi connectivity index (χ0v) is 11.3. The van der Waals surface area contributed by atoms with Gasteiger partial charge in [-0.3, -0.25) is 15.1 Å². The molecule has 0 bridgehead atoms. The van der Waals surface area contributed by atoms with Gasteiger partial charge in [-0.15, -0.1) is 11.3 Å². The molecule has 0 saturated carbocycles. The number of nitrogens with zero attached hydrogens (tertiary/aromatic N) is 2. The lowest BCUT2D eigenvalue weighted by atomic mass is 10.1. The normalized spacial score (nSPS) is 10.6. The summed E-state index contributed by atoms with van der Waals surface area (Å²) in [6, 6.07) is 10.7. The minimum atomic E-state index is -0.382. The number of nitro benzene ring substituents is 1. The van der Waals surface area contributed by atoms with E-state index in [1.807, 2.05) is 17.5 Å². The van der Waals surface area contributed by atoms with E-state index in [2.05, 4.69) is 10.3 Å². The molecule has 0 radical (unpaired) electrons. The molecule has 0 aliphatic carbocycles. The van der Waals surface area contributed by atoms with Gasteiger partial charge in [-0.1, -0.05) is 6.07 Å². The van der Waals surface area contributed by atoms with Gasteiger partial charge in [-0.2, -0.15) is 0 Å². The molecule has 0 unspecified atom stereocenters. The fourth-order valence-corrected chi connectivity index (χ4v) is 2.70. The smallest absolute Gasteiger partial charge is 0.278 e. The van der Waals surface area contributed by atoms with Crippen LogP contribution in [0.2, 0.25) is 0 Å². The fraction of sp³-hybridized carbons (Fsp3) is 0.0714. The van der Waals surface area contributed by atoms with Crippen molar-refractivity contribution < 1.29 is 4.92 Å². The predicted molar refractivity (Wildman–Crippen MR) is 80.0 cm³/mol. The molecular weight excluding hydrogens is 274 g/mol. The number of nitrogens with one attached hydrogen (secondary N) is 1. The van der Waals surface area contributed by atoms with E-state index < -0.39 is 0 Å². The summed E-state index contributed by atoms with van der Waals surface area (Å²) in [5.41, 5.74) is 1.51. The van der Waals surface area contributed by atoms with Crippen molar-refractivity contribution in [2.45, 2.75) is 6.54 Å². The number of fused-ring (bicyclic) bond motifs is 1. The molecule has 0 spiro atoms. The highest BCUT2D eigenvalue weighted by atomic mass is 32.1. The van der Waals surface area contributed by atoms with E-state index in [-0.39, 0.29) is 10.6 Å². The average molecular weight is 285 g/mol. The van der Waals surface area contributed by atoms with Crippen LogP contribution in [0.5, 0.6) is 0 Å². The van der Waals surface area contributed by atoms with E-state index in [0.29, 0.717) is 17.4 Å². The zero-order chi connectivity index (χ0) is 13.9. The molecule has 0 atom stereocenters. The van der Waals surface area contributed by atoms with Gasteiger partial charge in [-0.25, -0.2) is 0 Å². The van der Waals surface area contributed by atoms with Gasteiger partial charge in [-0.05, 0) is 29.6 Å². The highest BCUT2D eigenvalue weighted by molar-refractivity contribution is 7.09. The van der Waals surface area contributed by atoms with E-state index in [1.165, 1.54) is 10.9 Å². The Bertz CT molecular complexity index is 756. The fourth-order valence-electron chi connectivity index (χ4n) is 2.05. The third-order valence-electron chi connectivity index (χ3n) is 2.98. The van der Waals surface area contributed by atoms with Crippen LogP contribution in [0.15, 0.2) is 48.0 Å².